The van der Waals surface area contributed by atoms with Gasteiger partial charge in [0.05, 0.1) is 6.54 Å². The van der Waals surface area contributed by atoms with Crippen LogP contribution in [0.4, 0.5) is 0 Å². The molecule has 6 nitrogen and oxygen atoms in total. The molecule has 1 atom stereocenters. The van der Waals surface area contributed by atoms with Crippen molar-refractivity contribution in [1.82, 2.24) is 20.1 Å². The Morgan fingerprint density at radius 1 is 1.26 bits per heavy atom. The van der Waals surface area contributed by atoms with Crippen molar-refractivity contribution in [3.8, 4) is 0 Å². The van der Waals surface area contributed by atoms with Gasteiger partial charge in [-0.3, -0.25) is 4.79 Å². The third kappa shape index (κ3) is 3.76. The second-order valence-corrected chi connectivity index (χ2v) is 5.98. The summed E-state index contributed by atoms with van der Waals surface area (Å²) in [6, 6.07) is 9.33. The quantitative estimate of drug-likeness (QED) is 0.886. The molecule has 0 aliphatic heterocycles. The Bertz CT molecular complexity index is 635. The van der Waals surface area contributed by atoms with Crippen molar-refractivity contribution >= 4 is 5.91 Å². The van der Waals surface area contributed by atoms with E-state index in [1.807, 2.05) is 6.07 Å². The summed E-state index contributed by atoms with van der Waals surface area (Å²) in [6.45, 7) is 0.277. The molecule has 2 N–H and O–H groups in total. The number of nitrogens with one attached hydrogen (secondary N) is 1. The van der Waals surface area contributed by atoms with Crippen LogP contribution in [-0.4, -0.2) is 25.8 Å². The molecule has 1 heterocycles. The van der Waals surface area contributed by atoms with Crippen LogP contribution in [-0.2, 0) is 11.3 Å². The van der Waals surface area contributed by atoms with E-state index in [2.05, 4.69) is 20.1 Å². The predicted molar refractivity (Wildman–Crippen MR) is 85.4 cm³/mol. The molecule has 3 rings (SSSR count). The minimum atomic E-state index is -1.16. The van der Waals surface area contributed by atoms with Crippen molar-refractivity contribution in [1.29, 1.82) is 0 Å². The topological polar surface area (TPSA) is 80.0 Å². The number of carbonyl (C=O) groups is 1. The van der Waals surface area contributed by atoms with Gasteiger partial charge in [0.2, 0.25) is 0 Å². The fourth-order valence-corrected chi connectivity index (χ4v) is 3.11. The maximum atomic E-state index is 12.1. The number of nitrogens with zero attached hydrogens (tertiary/aromatic N) is 3. The van der Waals surface area contributed by atoms with Gasteiger partial charge in [-0.1, -0.05) is 49.6 Å². The van der Waals surface area contributed by atoms with Crippen molar-refractivity contribution in [3.63, 3.8) is 0 Å². The Kier molecular flexibility index (Phi) is 5.02. The van der Waals surface area contributed by atoms with Crippen LogP contribution in [0.5, 0.6) is 0 Å². The van der Waals surface area contributed by atoms with E-state index in [4.69, 9.17) is 0 Å². The Morgan fingerprint density at radius 2 is 2.00 bits per heavy atom. The highest BCUT2D eigenvalue weighted by Gasteiger charge is 2.20. The number of benzene rings is 1. The molecule has 1 fully saturated rings. The van der Waals surface area contributed by atoms with Crippen molar-refractivity contribution in [2.45, 2.75) is 50.8 Å². The first-order chi connectivity index (χ1) is 11.3. The van der Waals surface area contributed by atoms with Crippen LogP contribution in [0.25, 0.3) is 0 Å². The zero-order chi connectivity index (χ0) is 16.1. The summed E-state index contributed by atoms with van der Waals surface area (Å²) < 4.78 is 2.06. The number of hydrogen-bond acceptors (Lipinski definition) is 4. The molecule has 1 aromatic carbocycles. The van der Waals surface area contributed by atoms with Crippen LogP contribution < -0.4 is 5.32 Å². The highest BCUT2D eigenvalue weighted by Crippen LogP contribution is 2.28. The smallest absolute Gasteiger partial charge is 0.253 e. The first-order valence-corrected chi connectivity index (χ1v) is 8.15. The Morgan fingerprint density at radius 3 is 2.74 bits per heavy atom. The molecule has 1 saturated carbocycles. The summed E-state index contributed by atoms with van der Waals surface area (Å²) in [4.78, 5) is 12.1. The SMILES string of the molecule is O=C(NCc1nncn1C1CCCCC1)[C@H](O)c1ccccc1. The molecule has 1 aliphatic carbocycles. The molecule has 1 aliphatic rings. The average Bonchev–Trinajstić information content (AvgIpc) is 3.09. The van der Waals surface area contributed by atoms with E-state index in [1.54, 1.807) is 30.6 Å². The van der Waals surface area contributed by atoms with Crippen LogP contribution >= 0.6 is 0 Å². The fourth-order valence-electron chi connectivity index (χ4n) is 3.11. The second-order valence-electron chi connectivity index (χ2n) is 5.98. The van der Waals surface area contributed by atoms with E-state index in [-0.39, 0.29) is 6.54 Å². The lowest BCUT2D eigenvalue weighted by Crippen LogP contribution is -2.30. The molecule has 6 heteroatoms. The van der Waals surface area contributed by atoms with Crippen LogP contribution in [0.2, 0.25) is 0 Å². The molecule has 0 saturated heterocycles. The van der Waals surface area contributed by atoms with Crippen molar-refractivity contribution in [3.05, 3.63) is 48.0 Å². The lowest BCUT2D eigenvalue weighted by Gasteiger charge is -2.24. The van der Waals surface area contributed by atoms with E-state index < -0.39 is 12.0 Å². The number of aromatic nitrogens is 3. The fraction of sp³-hybridized carbons (Fsp3) is 0.471. The lowest BCUT2D eigenvalue weighted by molar-refractivity contribution is -0.129. The van der Waals surface area contributed by atoms with Crippen LogP contribution in [0.1, 0.15) is 55.6 Å². The molecule has 0 radical (unpaired) electrons. The summed E-state index contributed by atoms with van der Waals surface area (Å²) in [6.07, 6.45) is 6.57. The third-order valence-electron chi connectivity index (χ3n) is 4.40. The summed E-state index contributed by atoms with van der Waals surface area (Å²) in [7, 11) is 0. The van der Waals surface area contributed by atoms with Gasteiger partial charge in [-0.2, -0.15) is 0 Å². The molecule has 0 unspecified atom stereocenters. The minimum absolute atomic E-state index is 0.277. The zero-order valence-corrected chi connectivity index (χ0v) is 13.1. The van der Waals surface area contributed by atoms with Gasteiger partial charge in [0, 0.05) is 6.04 Å². The number of aliphatic hydroxyl groups excluding tert-OH is 1. The van der Waals surface area contributed by atoms with Crippen molar-refractivity contribution in [2.24, 2.45) is 0 Å². The van der Waals surface area contributed by atoms with Gasteiger partial charge in [0.15, 0.2) is 11.9 Å². The molecule has 1 aromatic heterocycles. The van der Waals surface area contributed by atoms with Gasteiger partial charge in [-0.05, 0) is 18.4 Å². The number of carbonyl (C=O) groups excluding carboxylic acids is 1. The summed E-state index contributed by atoms with van der Waals surface area (Å²) in [5, 5.41) is 20.9. The van der Waals surface area contributed by atoms with Gasteiger partial charge >= 0.3 is 0 Å². The maximum absolute atomic E-state index is 12.1. The van der Waals surface area contributed by atoms with Gasteiger partial charge in [-0.15, -0.1) is 10.2 Å². The average molecular weight is 314 g/mol. The summed E-state index contributed by atoms with van der Waals surface area (Å²) >= 11 is 0. The molecule has 0 bridgehead atoms. The summed E-state index contributed by atoms with van der Waals surface area (Å²) in [5.41, 5.74) is 0.582. The van der Waals surface area contributed by atoms with E-state index in [9.17, 15) is 9.90 Å². The van der Waals surface area contributed by atoms with Crippen LogP contribution in [0.15, 0.2) is 36.7 Å². The van der Waals surface area contributed by atoms with Gasteiger partial charge in [0.1, 0.15) is 6.33 Å². The van der Waals surface area contributed by atoms with E-state index in [0.29, 0.717) is 11.6 Å². The van der Waals surface area contributed by atoms with Gasteiger partial charge < -0.3 is 15.0 Å². The number of rotatable bonds is 5. The third-order valence-corrected chi connectivity index (χ3v) is 4.40. The zero-order valence-electron chi connectivity index (χ0n) is 13.1. The summed E-state index contributed by atoms with van der Waals surface area (Å²) in [5.74, 6) is 0.319. The van der Waals surface area contributed by atoms with Crippen molar-refractivity contribution < 1.29 is 9.90 Å². The first-order valence-electron chi connectivity index (χ1n) is 8.15. The highest BCUT2D eigenvalue weighted by molar-refractivity contribution is 5.81. The molecule has 122 valence electrons. The number of amides is 1. The number of hydrogen-bond donors (Lipinski definition) is 2. The minimum Gasteiger partial charge on any atom is -0.378 e. The monoisotopic (exact) mass is 314 g/mol. The van der Waals surface area contributed by atoms with Gasteiger partial charge in [0.25, 0.3) is 5.91 Å². The van der Waals surface area contributed by atoms with E-state index in [1.165, 1.54) is 19.3 Å². The molecular formula is C17H22N4O2. The molecular weight excluding hydrogens is 292 g/mol. The lowest BCUT2D eigenvalue weighted by atomic mass is 9.95. The number of aliphatic hydroxyl groups is 1. The first kappa shape index (κ1) is 15.7. The normalized spacial score (nSPS) is 16.9. The second kappa shape index (κ2) is 7.37. The predicted octanol–water partition coefficient (Wildman–Crippen LogP) is 2.13. The molecule has 0 spiro atoms. The largest absolute Gasteiger partial charge is 0.378 e. The van der Waals surface area contributed by atoms with E-state index >= 15 is 0 Å². The van der Waals surface area contributed by atoms with Gasteiger partial charge in [-0.25, -0.2) is 0 Å². The Balaban J connectivity index is 1.60. The van der Waals surface area contributed by atoms with Crippen LogP contribution in [0.3, 0.4) is 0 Å². The highest BCUT2D eigenvalue weighted by atomic mass is 16.3. The standard InChI is InChI=1S/C17H22N4O2/c22-16(13-7-3-1-4-8-13)17(23)18-11-15-20-19-12-21(15)14-9-5-2-6-10-14/h1,3-4,7-8,12,14,16,22H,2,5-6,9-11H2,(H,18,23)/t16-/m1/s1. The molecule has 23 heavy (non-hydrogen) atoms. The molecule has 2 aromatic rings. The maximum Gasteiger partial charge on any atom is 0.253 e. The van der Waals surface area contributed by atoms with E-state index in [0.717, 1.165) is 18.7 Å². The molecule has 1 amide bonds. The Labute approximate surface area is 135 Å². The Hall–Kier alpha value is -2.21. The van der Waals surface area contributed by atoms with Crippen molar-refractivity contribution in [2.75, 3.05) is 0 Å². The van der Waals surface area contributed by atoms with Crippen LogP contribution in [0, 0.1) is 0 Å².